The molecule has 0 aliphatic heterocycles. The van der Waals surface area contributed by atoms with Gasteiger partial charge in [-0.05, 0) is 13.8 Å². The number of hydrogen-bond donors (Lipinski definition) is 1. The predicted octanol–water partition coefficient (Wildman–Crippen LogP) is -1.16. The zero-order valence-electron chi connectivity index (χ0n) is 12.3. The lowest BCUT2D eigenvalue weighted by Gasteiger charge is -2.26. The average molecular weight is 380 g/mol. The van der Waals surface area contributed by atoms with Crippen molar-refractivity contribution in [3.8, 4) is 0 Å². The van der Waals surface area contributed by atoms with Crippen LogP contribution >= 0.6 is 0 Å². The highest BCUT2D eigenvalue weighted by Gasteiger charge is 2.56. The molecule has 1 N–H and O–H groups in total. The van der Waals surface area contributed by atoms with Gasteiger partial charge in [0.1, 0.15) is 12.7 Å². The highest BCUT2D eigenvalue weighted by atomic mass is 32.2. The van der Waals surface area contributed by atoms with Gasteiger partial charge in [-0.2, -0.15) is 27.0 Å². The second-order valence-corrected chi connectivity index (χ2v) is 6.38. The quantitative estimate of drug-likeness (QED) is 0.143. The molecule has 0 spiro atoms. The van der Waals surface area contributed by atoms with Crippen LogP contribution in [0.15, 0.2) is 0 Å². The molecule has 0 heterocycles. The number of carbonyl (C=O) groups is 3. The van der Waals surface area contributed by atoms with Gasteiger partial charge in [-0.25, -0.2) is 4.79 Å². The van der Waals surface area contributed by atoms with E-state index in [2.05, 4.69) is 23.7 Å². The zero-order chi connectivity index (χ0) is 19.0. The first kappa shape index (κ1) is 22.1. The molecule has 14 heteroatoms. The molecule has 0 aromatic heterocycles. The summed E-state index contributed by atoms with van der Waals surface area (Å²) < 4.78 is 54.4. The van der Waals surface area contributed by atoms with Crippen molar-refractivity contribution in [1.29, 1.82) is 0 Å². The molecule has 0 radical (unpaired) electrons. The van der Waals surface area contributed by atoms with E-state index in [0.717, 1.165) is 13.8 Å². The van der Waals surface area contributed by atoms with Gasteiger partial charge >= 0.3 is 35.0 Å². The SMILES string of the molecule is CC(C)S(=O)(=O)OC(=O)C(F)(F)[C@H](OOC=O)[C@@H](O)COOC=O. The largest absolute Gasteiger partial charge is 0.395 e. The Morgan fingerprint density at radius 3 is 2.21 bits per heavy atom. The van der Waals surface area contributed by atoms with E-state index in [9.17, 15) is 36.7 Å². The van der Waals surface area contributed by atoms with E-state index in [4.69, 9.17) is 0 Å². The van der Waals surface area contributed by atoms with Crippen molar-refractivity contribution in [2.24, 2.45) is 0 Å². The molecule has 0 bridgehead atoms. The van der Waals surface area contributed by atoms with Crippen LogP contribution in [0.5, 0.6) is 0 Å². The molecule has 0 amide bonds. The average Bonchev–Trinajstić information content (AvgIpc) is 2.47. The first-order valence-electron chi connectivity index (χ1n) is 6.02. The Kier molecular flexibility index (Phi) is 8.66. The molecule has 0 aromatic carbocycles. The van der Waals surface area contributed by atoms with Crippen molar-refractivity contribution < 1.29 is 60.4 Å². The van der Waals surface area contributed by atoms with Crippen molar-refractivity contribution in [2.75, 3.05) is 6.61 Å². The molecule has 0 fully saturated rings. The summed E-state index contributed by atoms with van der Waals surface area (Å²) in [6.07, 6.45) is -5.32. The number of aliphatic hydroxyl groups excluding tert-OH is 1. The molecule has 2 atom stereocenters. The summed E-state index contributed by atoms with van der Waals surface area (Å²) in [4.78, 5) is 46.4. The van der Waals surface area contributed by atoms with Crippen LogP contribution in [0.2, 0.25) is 0 Å². The summed E-state index contributed by atoms with van der Waals surface area (Å²) >= 11 is 0. The van der Waals surface area contributed by atoms with Crippen LogP contribution < -0.4 is 0 Å². The maximum atomic E-state index is 14.0. The van der Waals surface area contributed by atoms with Crippen LogP contribution in [0.1, 0.15) is 13.8 Å². The highest BCUT2D eigenvalue weighted by molar-refractivity contribution is 7.87. The van der Waals surface area contributed by atoms with Crippen LogP contribution in [0.25, 0.3) is 0 Å². The van der Waals surface area contributed by atoms with Gasteiger partial charge in [0.2, 0.25) is 6.10 Å². The smallest absolute Gasteiger partial charge is 0.387 e. The van der Waals surface area contributed by atoms with Crippen molar-refractivity contribution in [1.82, 2.24) is 0 Å². The standard InChI is InChI=1S/C10H14F2O11S/c1-6(2)24(17,18)23-9(16)10(11,12)8(22-21-5-14)7(15)3-19-20-4-13/h4-8,15H,3H2,1-2H3/t7-,8+/m0/s1. The summed E-state index contributed by atoms with van der Waals surface area (Å²) in [5, 5.41) is 8.15. The number of alkyl halides is 2. The van der Waals surface area contributed by atoms with E-state index < -0.39 is 52.5 Å². The molecule has 0 aromatic rings. The minimum absolute atomic E-state index is 0.244. The Labute approximate surface area is 134 Å². The summed E-state index contributed by atoms with van der Waals surface area (Å²) in [5.41, 5.74) is 0. The summed E-state index contributed by atoms with van der Waals surface area (Å²) in [5.74, 6) is -7.37. The fourth-order valence-electron chi connectivity index (χ4n) is 1.05. The minimum Gasteiger partial charge on any atom is -0.387 e. The van der Waals surface area contributed by atoms with Crippen LogP contribution in [0.3, 0.4) is 0 Å². The molecule has 11 nitrogen and oxygen atoms in total. The fraction of sp³-hybridized carbons (Fsp3) is 0.700. The van der Waals surface area contributed by atoms with E-state index in [0.29, 0.717) is 0 Å². The molecule has 0 aliphatic carbocycles. The van der Waals surface area contributed by atoms with Gasteiger partial charge in [-0.3, -0.25) is 9.59 Å². The van der Waals surface area contributed by atoms with Gasteiger partial charge in [0.25, 0.3) is 0 Å². The summed E-state index contributed by atoms with van der Waals surface area (Å²) in [7, 11) is -4.66. The zero-order valence-corrected chi connectivity index (χ0v) is 13.1. The summed E-state index contributed by atoms with van der Waals surface area (Å²) in [6.45, 7) is 0.291. The lowest BCUT2D eigenvalue weighted by Crippen LogP contribution is -2.52. The lowest BCUT2D eigenvalue weighted by atomic mass is 10.1. The van der Waals surface area contributed by atoms with Gasteiger partial charge in [0.15, 0.2) is 0 Å². The maximum Gasteiger partial charge on any atom is 0.395 e. The van der Waals surface area contributed by atoms with E-state index in [1.54, 1.807) is 0 Å². The molecule has 140 valence electrons. The van der Waals surface area contributed by atoms with Crippen LogP contribution in [-0.4, -0.2) is 62.4 Å². The molecular formula is C10H14F2O11S. The lowest BCUT2D eigenvalue weighted by molar-refractivity contribution is -0.349. The highest BCUT2D eigenvalue weighted by Crippen LogP contribution is 2.27. The van der Waals surface area contributed by atoms with E-state index >= 15 is 0 Å². The van der Waals surface area contributed by atoms with Crippen LogP contribution in [-0.2, 0) is 48.2 Å². The minimum atomic E-state index is -4.78. The third-order valence-corrected chi connectivity index (χ3v) is 3.83. The monoisotopic (exact) mass is 380 g/mol. The van der Waals surface area contributed by atoms with Gasteiger partial charge in [0.05, 0.1) is 5.25 Å². The molecule has 0 unspecified atom stereocenters. The number of halogens is 2. The van der Waals surface area contributed by atoms with Crippen molar-refractivity contribution in [3.05, 3.63) is 0 Å². The molecule has 0 aliphatic rings. The van der Waals surface area contributed by atoms with E-state index in [1.807, 2.05) is 0 Å². The second-order valence-electron chi connectivity index (χ2n) is 4.29. The van der Waals surface area contributed by atoms with Gasteiger partial charge in [-0.15, -0.1) is 0 Å². The molecule has 24 heavy (non-hydrogen) atoms. The Hall–Kier alpha value is -1.90. The van der Waals surface area contributed by atoms with E-state index in [-0.39, 0.29) is 6.47 Å². The third-order valence-electron chi connectivity index (χ3n) is 2.29. The molecule has 0 rings (SSSR count). The Morgan fingerprint density at radius 2 is 1.75 bits per heavy atom. The number of carbonyl (C=O) groups excluding carboxylic acids is 3. The van der Waals surface area contributed by atoms with Crippen molar-refractivity contribution in [2.45, 2.75) is 37.2 Å². The van der Waals surface area contributed by atoms with Crippen LogP contribution in [0.4, 0.5) is 8.78 Å². The first-order valence-corrected chi connectivity index (χ1v) is 7.49. The Morgan fingerprint density at radius 1 is 1.21 bits per heavy atom. The molecular weight excluding hydrogens is 366 g/mol. The van der Waals surface area contributed by atoms with Gasteiger partial charge < -0.3 is 19.1 Å². The molecule has 0 saturated heterocycles. The van der Waals surface area contributed by atoms with Crippen LogP contribution in [0, 0.1) is 0 Å². The van der Waals surface area contributed by atoms with Crippen molar-refractivity contribution in [3.63, 3.8) is 0 Å². The number of aliphatic hydroxyl groups is 1. The van der Waals surface area contributed by atoms with Gasteiger partial charge in [0, 0.05) is 0 Å². The number of hydrogen-bond acceptors (Lipinski definition) is 11. The summed E-state index contributed by atoms with van der Waals surface area (Å²) in [6, 6.07) is 0. The fourth-order valence-corrected chi connectivity index (χ4v) is 1.56. The Balaban J connectivity index is 5.28. The third kappa shape index (κ3) is 6.31. The van der Waals surface area contributed by atoms with E-state index in [1.165, 1.54) is 0 Å². The van der Waals surface area contributed by atoms with Crippen molar-refractivity contribution >= 4 is 29.0 Å². The van der Waals surface area contributed by atoms with Gasteiger partial charge in [-0.1, -0.05) is 0 Å². The number of rotatable bonds is 12. The molecule has 0 saturated carbocycles. The Bertz CT molecular complexity index is 533. The second kappa shape index (κ2) is 9.41. The first-order chi connectivity index (χ1) is 11.0. The topological polar surface area (TPSA) is 152 Å². The maximum absolute atomic E-state index is 14.0. The normalized spacial score (nSPS) is 14.6. The predicted molar refractivity (Wildman–Crippen MR) is 66.2 cm³/mol.